The molecule has 0 saturated heterocycles. The zero-order chi connectivity index (χ0) is 13.7. The van der Waals surface area contributed by atoms with Crippen molar-refractivity contribution in [2.75, 3.05) is 0 Å². The third-order valence-electron chi connectivity index (χ3n) is 3.40. The number of nitrogens with zero attached hydrogens (tertiary/aromatic N) is 3. The molecule has 0 unspecified atom stereocenters. The number of aromatic amines is 1. The van der Waals surface area contributed by atoms with Crippen molar-refractivity contribution in [2.24, 2.45) is 0 Å². The third kappa shape index (κ3) is 1.63. The van der Waals surface area contributed by atoms with Crippen molar-refractivity contribution in [3.05, 3.63) is 26.7 Å². The Morgan fingerprint density at radius 2 is 2.16 bits per heavy atom. The maximum Gasteiger partial charge on any atom is 0.349 e. The van der Waals surface area contributed by atoms with Gasteiger partial charge in [0.1, 0.15) is 10.7 Å². The first-order chi connectivity index (χ1) is 9.04. The second kappa shape index (κ2) is 4.16. The number of aryl methyl sites for hydroxylation is 2. The molecular weight excluding hydrogens is 260 g/mol. The Balaban J connectivity index is 2.59. The number of fused-ring (bicyclic) bond motifs is 3. The minimum absolute atomic E-state index is 0.176. The van der Waals surface area contributed by atoms with Crippen LogP contribution in [-0.4, -0.2) is 19.6 Å². The van der Waals surface area contributed by atoms with Crippen molar-refractivity contribution >= 4 is 27.2 Å². The molecule has 0 atom stereocenters. The molecule has 0 aliphatic rings. The van der Waals surface area contributed by atoms with Crippen LogP contribution in [0.2, 0.25) is 0 Å². The zero-order valence-corrected chi connectivity index (χ0v) is 12.3. The molecule has 6 heteroatoms. The highest BCUT2D eigenvalue weighted by molar-refractivity contribution is 7.18. The van der Waals surface area contributed by atoms with Gasteiger partial charge in [0.2, 0.25) is 0 Å². The first-order valence-electron chi connectivity index (χ1n) is 6.43. The number of hydrogen-bond acceptors (Lipinski definition) is 4. The van der Waals surface area contributed by atoms with Crippen LogP contribution in [-0.2, 0) is 6.42 Å². The van der Waals surface area contributed by atoms with E-state index >= 15 is 0 Å². The minimum atomic E-state index is -0.209. The molecule has 3 heterocycles. The average molecular weight is 276 g/mol. The lowest BCUT2D eigenvalue weighted by Gasteiger charge is -2.07. The Hall–Kier alpha value is -1.69. The van der Waals surface area contributed by atoms with E-state index in [1.54, 1.807) is 15.7 Å². The molecular formula is C13H16N4OS. The maximum absolute atomic E-state index is 12.0. The predicted molar refractivity (Wildman–Crippen MR) is 77.2 cm³/mol. The first kappa shape index (κ1) is 12.3. The predicted octanol–water partition coefficient (Wildman–Crippen LogP) is 2.63. The zero-order valence-electron chi connectivity index (χ0n) is 11.4. The Morgan fingerprint density at radius 1 is 1.42 bits per heavy atom. The Kier molecular flexibility index (Phi) is 2.70. The number of hydrogen-bond donors (Lipinski definition) is 1. The summed E-state index contributed by atoms with van der Waals surface area (Å²) in [6, 6.07) is 0. The lowest BCUT2D eigenvalue weighted by atomic mass is 10.1. The molecule has 19 heavy (non-hydrogen) atoms. The van der Waals surface area contributed by atoms with Gasteiger partial charge in [-0.2, -0.15) is 5.10 Å². The van der Waals surface area contributed by atoms with E-state index in [-0.39, 0.29) is 11.6 Å². The van der Waals surface area contributed by atoms with Gasteiger partial charge in [0.15, 0.2) is 5.65 Å². The lowest BCUT2D eigenvalue weighted by Crippen LogP contribution is -2.16. The van der Waals surface area contributed by atoms with Crippen molar-refractivity contribution in [3.63, 3.8) is 0 Å². The van der Waals surface area contributed by atoms with E-state index in [0.29, 0.717) is 5.65 Å². The molecule has 0 saturated carbocycles. The van der Waals surface area contributed by atoms with Gasteiger partial charge in [-0.3, -0.25) is 0 Å². The van der Waals surface area contributed by atoms with Crippen LogP contribution in [0.25, 0.3) is 15.9 Å². The van der Waals surface area contributed by atoms with Gasteiger partial charge in [-0.15, -0.1) is 11.3 Å². The fraction of sp³-hybridized carbons (Fsp3) is 0.462. The fourth-order valence-corrected chi connectivity index (χ4v) is 3.63. The summed E-state index contributed by atoms with van der Waals surface area (Å²) in [6.45, 7) is 8.29. The fourth-order valence-electron chi connectivity index (χ4n) is 2.52. The van der Waals surface area contributed by atoms with Gasteiger partial charge in [0, 0.05) is 10.8 Å². The second-order valence-corrected chi connectivity index (χ2v) is 6.19. The van der Waals surface area contributed by atoms with Gasteiger partial charge in [-0.25, -0.2) is 19.3 Å². The highest BCUT2D eigenvalue weighted by Gasteiger charge is 2.19. The number of rotatable bonds is 2. The monoisotopic (exact) mass is 276 g/mol. The van der Waals surface area contributed by atoms with E-state index in [1.807, 2.05) is 13.8 Å². The van der Waals surface area contributed by atoms with E-state index in [9.17, 15) is 4.79 Å². The minimum Gasteiger partial charge on any atom is -0.246 e. The molecule has 0 amide bonds. The number of thiophene rings is 1. The van der Waals surface area contributed by atoms with Crippen LogP contribution in [0, 0.1) is 6.92 Å². The quantitative estimate of drug-likeness (QED) is 0.782. The molecule has 0 fully saturated rings. The van der Waals surface area contributed by atoms with Crippen molar-refractivity contribution in [1.29, 1.82) is 0 Å². The van der Waals surface area contributed by atoms with E-state index in [1.165, 1.54) is 10.4 Å². The highest BCUT2D eigenvalue weighted by atomic mass is 32.1. The smallest absolute Gasteiger partial charge is 0.246 e. The Bertz CT molecular complexity index is 824. The van der Waals surface area contributed by atoms with Gasteiger partial charge >= 0.3 is 5.69 Å². The molecule has 3 rings (SSSR count). The summed E-state index contributed by atoms with van der Waals surface area (Å²) in [6.07, 6.45) is 0.922. The van der Waals surface area contributed by atoms with Crippen LogP contribution >= 0.6 is 11.3 Å². The molecule has 0 bridgehead atoms. The summed E-state index contributed by atoms with van der Waals surface area (Å²) in [4.78, 5) is 18.9. The number of H-pyrrole nitrogens is 1. The number of aromatic nitrogens is 4. The van der Waals surface area contributed by atoms with Gasteiger partial charge in [-0.05, 0) is 18.9 Å². The van der Waals surface area contributed by atoms with Crippen LogP contribution < -0.4 is 5.69 Å². The topological polar surface area (TPSA) is 63.1 Å². The van der Waals surface area contributed by atoms with Crippen molar-refractivity contribution in [1.82, 2.24) is 19.6 Å². The molecule has 0 spiro atoms. The van der Waals surface area contributed by atoms with Crippen LogP contribution in [0.3, 0.4) is 0 Å². The highest BCUT2D eigenvalue weighted by Crippen LogP contribution is 2.33. The molecule has 100 valence electrons. The van der Waals surface area contributed by atoms with Gasteiger partial charge in [-0.1, -0.05) is 20.8 Å². The average Bonchev–Trinajstić information content (AvgIpc) is 2.88. The van der Waals surface area contributed by atoms with Gasteiger partial charge in [0.05, 0.1) is 5.39 Å². The molecule has 0 radical (unpaired) electrons. The third-order valence-corrected chi connectivity index (χ3v) is 4.44. The molecule has 5 nitrogen and oxygen atoms in total. The summed E-state index contributed by atoms with van der Waals surface area (Å²) in [5, 5.41) is 7.77. The molecule has 3 aromatic heterocycles. The van der Waals surface area contributed by atoms with Crippen LogP contribution in [0.1, 0.15) is 43.0 Å². The van der Waals surface area contributed by atoms with Crippen LogP contribution in [0.5, 0.6) is 0 Å². The van der Waals surface area contributed by atoms with Gasteiger partial charge < -0.3 is 0 Å². The SMILES string of the molecule is CCc1c(C)sc2nc(C(C)C)n3c(=O)[nH]nc3c12. The molecule has 3 aromatic rings. The molecule has 0 aliphatic carbocycles. The van der Waals surface area contributed by atoms with E-state index in [4.69, 9.17) is 0 Å². The Morgan fingerprint density at radius 3 is 2.79 bits per heavy atom. The Labute approximate surface area is 114 Å². The molecule has 0 aromatic carbocycles. The largest absolute Gasteiger partial charge is 0.349 e. The lowest BCUT2D eigenvalue weighted by molar-refractivity contribution is 0.750. The summed E-state index contributed by atoms with van der Waals surface area (Å²) < 4.78 is 1.61. The van der Waals surface area contributed by atoms with E-state index in [2.05, 4.69) is 29.0 Å². The molecule has 0 aliphatic heterocycles. The summed E-state index contributed by atoms with van der Waals surface area (Å²) in [7, 11) is 0. The number of nitrogens with one attached hydrogen (secondary N) is 1. The van der Waals surface area contributed by atoms with Crippen LogP contribution in [0.15, 0.2) is 4.79 Å². The normalized spacial score (nSPS) is 12.1. The maximum atomic E-state index is 12.0. The molecule has 1 N–H and O–H groups in total. The van der Waals surface area contributed by atoms with Crippen molar-refractivity contribution < 1.29 is 0 Å². The van der Waals surface area contributed by atoms with E-state index in [0.717, 1.165) is 22.5 Å². The summed E-state index contributed by atoms with van der Waals surface area (Å²) >= 11 is 1.68. The first-order valence-corrected chi connectivity index (χ1v) is 7.25. The summed E-state index contributed by atoms with van der Waals surface area (Å²) in [5.41, 5.74) is 1.74. The van der Waals surface area contributed by atoms with Crippen molar-refractivity contribution in [2.45, 2.75) is 40.0 Å². The second-order valence-electron chi connectivity index (χ2n) is 4.98. The van der Waals surface area contributed by atoms with E-state index < -0.39 is 0 Å². The van der Waals surface area contributed by atoms with Gasteiger partial charge in [0.25, 0.3) is 0 Å². The summed E-state index contributed by atoms with van der Waals surface area (Å²) in [5.74, 6) is 0.944. The van der Waals surface area contributed by atoms with Crippen molar-refractivity contribution in [3.8, 4) is 0 Å². The van der Waals surface area contributed by atoms with Crippen LogP contribution in [0.4, 0.5) is 0 Å². The standard InChI is InChI=1S/C13H16N4OS/c1-5-8-7(4)19-12-9(8)11-15-16-13(18)17(11)10(14-12)6(2)3/h6H,5H2,1-4H3,(H,16,18).